The molecule has 0 unspecified atom stereocenters. The monoisotopic (exact) mass is 502 g/mol. The Bertz CT molecular complexity index is 1310. The van der Waals surface area contributed by atoms with Crippen molar-refractivity contribution in [2.75, 3.05) is 46.5 Å². The lowest BCUT2D eigenvalue weighted by molar-refractivity contribution is -0.140. The molecule has 5 rings (SSSR count). The number of methoxy groups -OCH3 is 1. The zero-order chi connectivity index (χ0) is 25.9. The van der Waals surface area contributed by atoms with E-state index in [1.165, 1.54) is 6.20 Å². The zero-order valence-corrected chi connectivity index (χ0v) is 21.0. The lowest BCUT2D eigenvalue weighted by Crippen LogP contribution is -2.42. The second-order valence-electron chi connectivity index (χ2n) is 9.11. The van der Waals surface area contributed by atoms with Crippen LogP contribution in [0.5, 0.6) is 5.75 Å². The van der Waals surface area contributed by atoms with Crippen molar-refractivity contribution in [1.29, 1.82) is 0 Å². The summed E-state index contributed by atoms with van der Waals surface area (Å²) in [6.07, 6.45) is 1.53. The van der Waals surface area contributed by atoms with Gasteiger partial charge in [-0.15, -0.1) is 0 Å². The largest absolute Gasteiger partial charge is 0.507 e. The Hall–Kier alpha value is -3.95. The van der Waals surface area contributed by atoms with Crippen LogP contribution in [0.25, 0.3) is 11.4 Å². The average molecular weight is 503 g/mol. The van der Waals surface area contributed by atoms with Crippen molar-refractivity contribution in [3.8, 4) is 11.4 Å². The number of ketones is 1. The van der Waals surface area contributed by atoms with Crippen molar-refractivity contribution >= 4 is 17.4 Å². The summed E-state index contributed by atoms with van der Waals surface area (Å²) in [6, 6.07) is 16.0. The fourth-order valence-corrected chi connectivity index (χ4v) is 4.93. The topological polar surface area (TPSA) is 97.1 Å². The van der Waals surface area contributed by atoms with Crippen LogP contribution in [0.2, 0.25) is 0 Å². The SMILES string of the molecule is COc1ccc([C@H]2C(=C(O)c3cnn(-c4ccccc4)c3C)C(=O)C(=O)N2CCN2CCOCC2)cc1. The maximum Gasteiger partial charge on any atom is 0.295 e. The smallest absolute Gasteiger partial charge is 0.295 e. The molecule has 0 aliphatic carbocycles. The van der Waals surface area contributed by atoms with Gasteiger partial charge >= 0.3 is 0 Å². The van der Waals surface area contributed by atoms with Crippen LogP contribution in [0.15, 0.2) is 66.4 Å². The summed E-state index contributed by atoms with van der Waals surface area (Å²) in [5, 5.41) is 15.9. The Morgan fingerprint density at radius 3 is 2.43 bits per heavy atom. The quantitative estimate of drug-likeness (QED) is 0.301. The first-order valence-electron chi connectivity index (χ1n) is 12.3. The molecule has 2 aliphatic rings. The van der Waals surface area contributed by atoms with Gasteiger partial charge in [-0.1, -0.05) is 30.3 Å². The van der Waals surface area contributed by atoms with Gasteiger partial charge in [0.15, 0.2) is 0 Å². The molecule has 192 valence electrons. The number of benzene rings is 2. The van der Waals surface area contributed by atoms with Crippen LogP contribution in [0.4, 0.5) is 0 Å². The minimum absolute atomic E-state index is 0.0628. The third-order valence-electron chi connectivity index (χ3n) is 7.00. The van der Waals surface area contributed by atoms with E-state index in [-0.39, 0.29) is 11.3 Å². The van der Waals surface area contributed by atoms with Gasteiger partial charge in [0.1, 0.15) is 11.5 Å². The normalized spacial score (nSPS) is 19.9. The van der Waals surface area contributed by atoms with E-state index >= 15 is 0 Å². The molecule has 3 aromatic rings. The first kappa shape index (κ1) is 24.7. The van der Waals surface area contributed by atoms with Crippen LogP contribution < -0.4 is 4.74 Å². The molecule has 0 radical (unpaired) electrons. The van der Waals surface area contributed by atoms with Crippen LogP contribution in [-0.2, 0) is 14.3 Å². The second-order valence-corrected chi connectivity index (χ2v) is 9.11. The van der Waals surface area contributed by atoms with E-state index in [9.17, 15) is 14.7 Å². The zero-order valence-electron chi connectivity index (χ0n) is 21.0. The number of likely N-dealkylation sites (tertiary alicyclic amines) is 1. The van der Waals surface area contributed by atoms with Crippen LogP contribution in [0.3, 0.4) is 0 Å². The molecule has 0 spiro atoms. The van der Waals surface area contributed by atoms with E-state index in [0.29, 0.717) is 43.3 Å². The summed E-state index contributed by atoms with van der Waals surface area (Å²) >= 11 is 0. The molecule has 37 heavy (non-hydrogen) atoms. The molecule has 9 nitrogen and oxygen atoms in total. The summed E-state index contributed by atoms with van der Waals surface area (Å²) in [6.45, 7) is 5.61. The van der Waals surface area contributed by atoms with Crippen LogP contribution in [0, 0.1) is 6.92 Å². The second kappa shape index (κ2) is 10.6. The molecule has 1 amide bonds. The molecule has 1 atom stereocenters. The van der Waals surface area contributed by atoms with Crippen LogP contribution >= 0.6 is 0 Å². The molecular formula is C28H30N4O5. The average Bonchev–Trinajstić information content (AvgIpc) is 3.45. The maximum atomic E-state index is 13.4. The molecule has 2 aromatic carbocycles. The van der Waals surface area contributed by atoms with Crippen LogP contribution in [-0.4, -0.2) is 82.9 Å². The highest BCUT2D eigenvalue weighted by Gasteiger charge is 2.46. The molecule has 2 aliphatic heterocycles. The number of carbonyl (C=O) groups excluding carboxylic acids is 2. The van der Waals surface area contributed by atoms with Crippen molar-refractivity contribution in [1.82, 2.24) is 19.6 Å². The highest BCUT2D eigenvalue weighted by molar-refractivity contribution is 6.46. The lowest BCUT2D eigenvalue weighted by Gasteiger charge is -2.31. The third-order valence-corrected chi connectivity index (χ3v) is 7.00. The van der Waals surface area contributed by atoms with Gasteiger partial charge in [0, 0.05) is 26.2 Å². The number of morpholine rings is 1. The van der Waals surface area contributed by atoms with Gasteiger partial charge in [-0.25, -0.2) is 4.68 Å². The minimum atomic E-state index is -0.730. The van der Waals surface area contributed by atoms with Crippen molar-refractivity contribution in [3.05, 3.63) is 83.2 Å². The number of amides is 1. The van der Waals surface area contributed by atoms with Crippen molar-refractivity contribution in [2.24, 2.45) is 0 Å². The van der Waals surface area contributed by atoms with Gasteiger partial charge in [0.05, 0.1) is 55.1 Å². The van der Waals surface area contributed by atoms with Gasteiger partial charge in [0.25, 0.3) is 11.7 Å². The fraction of sp³-hybridized carbons (Fsp3) is 0.321. The van der Waals surface area contributed by atoms with Crippen LogP contribution in [0.1, 0.15) is 22.9 Å². The minimum Gasteiger partial charge on any atom is -0.507 e. The number of ether oxygens (including phenoxy) is 2. The van der Waals surface area contributed by atoms with E-state index in [2.05, 4.69) is 10.00 Å². The van der Waals surface area contributed by atoms with E-state index in [0.717, 1.165) is 24.3 Å². The number of nitrogens with zero attached hydrogens (tertiary/aromatic N) is 4. The van der Waals surface area contributed by atoms with Gasteiger partial charge in [-0.2, -0.15) is 5.10 Å². The summed E-state index contributed by atoms with van der Waals surface area (Å²) in [5.74, 6) is -0.891. The van der Waals surface area contributed by atoms with E-state index in [1.807, 2.05) is 49.4 Å². The fourth-order valence-electron chi connectivity index (χ4n) is 4.93. The number of para-hydroxylation sites is 1. The Labute approximate surface area is 215 Å². The van der Waals surface area contributed by atoms with Gasteiger partial charge in [-0.3, -0.25) is 14.5 Å². The van der Waals surface area contributed by atoms with Gasteiger partial charge in [0.2, 0.25) is 0 Å². The molecule has 1 N–H and O–H groups in total. The molecule has 2 saturated heterocycles. The first-order chi connectivity index (χ1) is 18.0. The summed E-state index contributed by atoms with van der Waals surface area (Å²) < 4.78 is 12.4. The number of carbonyl (C=O) groups is 2. The standard InChI is InChI=1S/C28H30N4O5/c1-19-23(18-29-32(19)21-6-4-3-5-7-21)26(33)24-25(20-8-10-22(36-2)11-9-20)31(28(35)27(24)34)13-12-30-14-16-37-17-15-30/h3-11,18,25,33H,12-17H2,1-2H3/t25-/m0/s1. The Balaban J connectivity index is 1.55. The Kier molecular flexibility index (Phi) is 7.07. The third kappa shape index (κ3) is 4.75. The predicted octanol–water partition coefficient (Wildman–Crippen LogP) is 2.94. The Morgan fingerprint density at radius 2 is 1.76 bits per heavy atom. The molecule has 0 bridgehead atoms. The number of rotatable bonds is 7. The number of Topliss-reactive ketones (excluding diaryl/α,β-unsaturated/α-hetero) is 1. The molecule has 9 heteroatoms. The van der Waals surface area contributed by atoms with E-state index in [4.69, 9.17) is 9.47 Å². The molecule has 0 saturated carbocycles. The van der Waals surface area contributed by atoms with E-state index < -0.39 is 17.7 Å². The summed E-state index contributed by atoms with van der Waals surface area (Å²) in [4.78, 5) is 30.4. The lowest BCUT2D eigenvalue weighted by atomic mass is 9.95. The van der Waals surface area contributed by atoms with Gasteiger partial charge in [-0.05, 0) is 36.8 Å². The number of aromatic nitrogens is 2. The highest BCUT2D eigenvalue weighted by Crippen LogP contribution is 2.40. The predicted molar refractivity (Wildman–Crippen MR) is 138 cm³/mol. The summed E-state index contributed by atoms with van der Waals surface area (Å²) in [7, 11) is 1.58. The molecule has 3 heterocycles. The first-order valence-corrected chi connectivity index (χ1v) is 12.3. The van der Waals surface area contributed by atoms with Crippen molar-refractivity contribution < 1.29 is 24.2 Å². The maximum absolute atomic E-state index is 13.4. The van der Waals surface area contributed by atoms with Crippen molar-refractivity contribution in [3.63, 3.8) is 0 Å². The highest BCUT2D eigenvalue weighted by atomic mass is 16.5. The molecule has 2 fully saturated rings. The Morgan fingerprint density at radius 1 is 1.05 bits per heavy atom. The number of hydrogen-bond donors (Lipinski definition) is 1. The molecule has 1 aromatic heterocycles. The molecular weight excluding hydrogens is 472 g/mol. The number of hydrogen-bond acceptors (Lipinski definition) is 7. The number of aliphatic hydroxyl groups is 1. The summed E-state index contributed by atoms with van der Waals surface area (Å²) in [5.41, 5.74) is 2.69. The van der Waals surface area contributed by atoms with Gasteiger partial charge < -0.3 is 19.5 Å². The van der Waals surface area contributed by atoms with Crippen molar-refractivity contribution in [2.45, 2.75) is 13.0 Å². The number of aliphatic hydroxyl groups excluding tert-OH is 1. The van der Waals surface area contributed by atoms with E-state index in [1.54, 1.807) is 28.8 Å².